The molecule has 0 rings (SSSR count). The van der Waals surface area contributed by atoms with Crippen LogP contribution in [-0.2, 0) is 28.0 Å². The molecule has 13 heteroatoms. The van der Waals surface area contributed by atoms with Crippen LogP contribution in [0.1, 0.15) is 59.3 Å². The first-order chi connectivity index (χ1) is 14.8. The number of hydrogen-bond donors (Lipinski definition) is 3. The summed E-state index contributed by atoms with van der Waals surface area (Å²) in [7, 11) is -2.90. The molecule has 0 aliphatic rings. The maximum absolute atomic E-state index is 12.1. The van der Waals surface area contributed by atoms with Crippen LogP contribution < -0.4 is 0 Å². The Kier molecular flexibility index (Phi) is 19.1. The Hall–Kier alpha value is -0.230. The summed E-state index contributed by atoms with van der Waals surface area (Å²) in [4.78, 5) is 36.2. The molecule has 0 aliphatic carbocycles. The number of carbonyl (C=O) groups excluding carboxylic acids is 3. The van der Waals surface area contributed by atoms with Gasteiger partial charge in [-0.2, -0.15) is 0 Å². The molecular weight excluding hydrogens is 487 g/mol. The number of thioether (sulfide) groups is 3. The highest BCUT2D eigenvalue weighted by Crippen LogP contribution is 2.42. The molecule has 3 atom stereocenters. The van der Waals surface area contributed by atoms with Gasteiger partial charge in [0.2, 0.25) is 0 Å². The fourth-order valence-electron chi connectivity index (χ4n) is 1.63. The molecule has 0 aromatic heterocycles. The molecular formula is C18H33O9PS3. The number of aliphatic hydroxyl groups excluding tert-OH is 3. The summed E-state index contributed by atoms with van der Waals surface area (Å²) < 4.78 is 14.6. The maximum atomic E-state index is 12.1. The number of hydrogen-bond acceptors (Lipinski definition) is 12. The van der Waals surface area contributed by atoms with Gasteiger partial charge in [-0.15, -0.1) is 35.3 Å². The third-order valence-electron chi connectivity index (χ3n) is 3.42. The average molecular weight is 521 g/mol. The van der Waals surface area contributed by atoms with Gasteiger partial charge in [0.25, 0.3) is 0 Å². The quantitative estimate of drug-likeness (QED) is 0.139. The van der Waals surface area contributed by atoms with Crippen molar-refractivity contribution in [1.29, 1.82) is 0 Å². The van der Waals surface area contributed by atoms with Gasteiger partial charge in [-0.05, 0) is 36.5 Å². The van der Waals surface area contributed by atoms with Gasteiger partial charge in [-0.1, -0.05) is 40.0 Å². The molecule has 0 saturated heterocycles. The zero-order valence-electron chi connectivity index (χ0n) is 18.1. The molecule has 182 valence electrons. The Labute approximate surface area is 197 Å². The lowest BCUT2D eigenvalue weighted by atomic mass is 10.4. The van der Waals surface area contributed by atoms with E-state index < -0.39 is 42.8 Å². The molecule has 0 fully saturated rings. The van der Waals surface area contributed by atoms with Gasteiger partial charge >= 0.3 is 26.5 Å². The molecule has 0 aliphatic heterocycles. The fraction of sp³-hybridized carbons (Fsp3) is 0.833. The van der Waals surface area contributed by atoms with Crippen molar-refractivity contribution in [2.24, 2.45) is 0 Å². The van der Waals surface area contributed by atoms with Gasteiger partial charge in [0.1, 0.15) is 0 Å². The molecule has 3 N–H and O–H groups in total. The Balaban J connectivity index is 4.96. The first kappa shape index (κ1) is 30.8. The third-order valence-corrected chi connectivity index (χ3v) is 7.50. The summed E-state index contributed by atoms with van der Waals surface area (Å²) in [6, 6.07) is 0. The van der Waals surface area contributed by atoms with Crippen LogP contribution in [0, 0.1) is 0 Å². The standard InChI is InChI=1S/C18H33O9PS3/c1-4-7-10-29-16(22)13(19)25-28(26-14(20)17(23)30-11-8-5-2)27-15(21)18(24)31-12-9-6-3/h16-18,22-24H,4-12H2,1-3H3. The van der Waals surface area contributed by atoms with Crippen LogP contribution in [0.3, 0.4) is 0 Å². The fourth-order valence-corrected chi connectivity index (χ4v) is 5.29. The monoisotopic (exact) mass is 520 g/mol. The first-order valence-corrected chi connectivity index (χ1v) is 14.3. The van der Waals surface area contributed by atoms with Crippen molar-refractivity contribution in [3.8, 4) is 0 Å². The third kappa shape index (κ3) is 15.3. The summed E-state index contributed by atoms with van der Waals surface area (Å²) in [5.74, 6) is -1.92. The summed E-state index contributed by atoms with van der Waals surface area (Å²) in [6.45, 7) is 5.87. The number of aliphatic hydroxyl groups is 3. The summed E-state index contributed by atoms with van der Waals surface area (Å²) >= 11 is 2.80. The molecule has 31 heavy (non-hydrogen) atoms. The highest BCUT2D eigenvalue weighted by atomic mass is 32.2. The summed E-state index contributed by atoms with van der Waals surface area (Å²) in [6.07, 6.45) is 4.94. The van der Waals surface area contributed by atoms with Crippen LogP contribution in [-0.4, -0.2) is 66.8 Å². The minimum atomic E-state index is -2.90. The van der Waals surface area contributed by atoms with Crippen LogP contribution in [0.2, 0.25) is 0 Å². The van der Waals surface area contributed by atoms with Crippen molar-refractivity contribution < 1.29 is 43.3 Å². The van der Waals surface area contributed by atoms with Crippen LogP contribution in [0.4, 0.5) is 0 Å². The minimum absolute atomic E-state index is 0.504. The van der Waals surface area contributed by atoms with E-state index in [4.69, 9.17) is 13.6 Å². The Morgan fingerprint density at radius 3 is 1.13 bits per heavy atom. The van der Waals surface area contributed by atoms with E-state index in [1.54, 1.807) is 0 Å². The van der Waals surface area contributed by atoms with Crippen molar-refractivity contribution in [2.75, 3.05) is 17.3 Å². The molecule has 0 amide bonds. The molecule has 9 nitrogen and oxygen atoms in total. The normalized spacial score (nSPS) is 14.9. The first-order valence-electron chi connectivity index (χ1n) is 10.1. The van der Waals surface area contributed by atoms with E-state index >= 15 is 0 Å². The zero-order valence-corrected chi connectivity index (χ0v) is 21.4. The van der Waals surface area contributed by atoms with E-state index in [1.807, 2.05) is 20.8 Å². The van der Waals surface area contributed by atoms with E-state index in [1.165, 1.54) is 0 Å². The largest absolute Gasteiger partial charge is 0.537 e. The van der Waals surface area contributed by atoms with Gasteiger partial charge in [-0.25, -0.2) is 14.4 Å². The highest BCUT2D eigenvalue weighted by Gasteiger charge is 2.34. The molecule has 0 radical (unpaired) electrons. The van der Waals surface area contributed by atoms with E-state index in [-0.39, 0.29) is 0 Å². The second-order valence-corrected chi connectivity index (χ2v) is 10.7. The zero-order chi connectivity index (χ0) is 23.6. The summed E-state index contributed by atoms with van der Waals surface area (Å²) in [5.41, 5.74) is -4.66. The topological polar surface area (TPSA) is 140 Å². The lowest BCUT2D eigenvalue weighted by Crippen LogP contribution is -2.25. The van der Waals surface area contributed by atoms with Crippen LogP contribution in [0.5, 0.6) is 0 Å². The van der Waals surface area contributed by atoms with E-state index in [0.29, 0.717) is 17.3 Å². The number of unbranched alkanes of at least 4 members (excludes halogenated alkanes) is 3. The van der Waals surface area contributed by atoms with Gasteiger partial charge in [-0.3, -0.25) is 0 Å². The predicted molar refractivity (Wildman–Crippen MR) is 125 cm³/mol. The van der Waals surface area contributed by atoms with Crippen LogP contribution >= 0.6 is 43.9 Å². The Morgan fingerprint density at radius 2 is 0.903 bits per heavy atom. The smallest absolute Gasteiger partial charge is 0.372 e. The summed E-state index contributed by atoms with van der Waals surface area (Å²) in [5, 5.41) is 29.6. The Morgan fingerprint density at radius 1 is 0.645 bits per heavy atom. The van der Waals surface area contributed by atoms with Gasteiger partial charge in [0.05, 0.1) is 0 Å². The van der Waals surface area contributed by atoms with Crippen molar-refractivity contribution in [1.82, 2.24) is 0 Å². The molecule has 0 heterocycles. The lowest BCUT2D eigenvalue weighted by Gasteiger charge is -2.19. The van der Waals surface area contributed by atoms with Crippen molar-refractivity contribution in [3.05, 3.63) is 0 Å². The van der Waals surface area contributed by atoms with Gasteiger partial charge < -0.3 is 28.9 Å². The Bertz CT molecular complexity index is 456. The van der Waals surface area contributed by atoms with Gasteiger partial charge in [0, 0.05) is 0 Å². The minimum Gasteiger partial charge on any atom is -0.372 e. The van der Waals surface area contributed by atoms with E-state index in [9.17, 15) is 29.7 Å². The second kappa shape index (κ2) is 19.3. The predicted octanol–water partition coefficient (Wildman–Crippen LogP) is 3.40. The van der Waals surface area contributed by atoms with Crippen LogP contribution in [0.15, 0.2) is 0 Å². The molecule has 0 aromatic carbocycles. The second-order valence-electron chi connectivity index (χ2n) is 6.18. The van der Waals surface area contributed by atoms with Crippen molar-refractivity contribution >= 4 is 61.8 Å². The molecule has 0 bridgehead atoms. The van der Waals surface area contributed by atoms with Crippen LogP contribution in [0.25, 0.3) is 0 Å². The highest BCUT2D eigenvalue weighted by molar-refractivity contribution is 8.00. The van der Waals surface area contributed by atoms with Crippen molar-refractivity contribution in [2.45, 2.75) is 75.6 Å². The van der Waals surface area contributed by atoms with Crippen molar-refractivity contribution in [3.63, 3.8) is 0 Å². The molecule has 0 saturated carbocycles. The average Bonchev–Trinajstić information content (AvgIpc) is 2.73. The molecule has 0 aromatic rings. The SMILES string of the molecule is CCCCSC(O)C(=O)OP(OC(=O)C(O)SCCCC)OC(=O)C(O)SCCCC. The number of rotatable bonds is 18. The number of carbonyl (C=O) groups is 3. The molecule has 0 spiro atoms. The molecule has 3 unspecified atom stereocenters. The van der Waals surface area contributed by atoms with E-state index in [0.717, 1.165) is 73.8 Å². The lowest BCUT2D eigenvalue weighted by molar-refractivity contribution is -0.148. The van der Waals surface area contributed by atoms with E-state index in [2.05, 4.69) is 0 Å². The van der Waals surface area contributed by atoms with Gasteiger partial charge in [0.15, 0.2) is 16.3 Å². The maximum Gasteiger partial charge on any atom is 0.537 e.